The summed E-state index contributed by atoms with van der Waals surface area (Å²) in [4.78, 5) is 52.2. The van der Waals surface area contributed by atoms with Crippen LogP contribution in [0.1, 0.15) is 48.5 Å². The molecule has 0 aromatic heterocycles. The highest BCUT2D eigenvalue weighted by atomic mass is 16.4. The maximum atomic E-state index is 13.3. The van der Waals surface area contributed by atoms with Crippen molar-refractivity contribution in [3.05, 3.63) is 35.4 Å². The molecule has 3 rings (SSSR count). The van der Waals surface area contributed by atoms with Gasteiger partial charge in [0, 0.05) is 36.7 Å². The number of rotatable bonds is 5. The minimum absolute atomic E-state index is 0.0834. The van der Waals surface area contributed by atoms with Gasteiger partial charge in [-0.2, -0.15) is 0 Å². The van der Waals surface area contributed by atoms with Crippen LogP contribution < -0.4 is 5.73 Å². The number of hydrogen-bond acceptors (Lipinski definition) is 5. The van der Waals surface area contributed by atoms with Crippen molar-refractivity contribution in [3.8, 4) is 0 Å². The molecule has 0 bridgehead atoms. The monoisotopic (exact) mass is 414 g/mol. The molecule has 30 heavy (non-hydrogen) atoms. The van der Waals surface area contributed by atoms with Gasteiger partial charge in [-0.3, -0.25) is 19.8 Å². The number of nitrogen functional groups attached to an aromatic ring is 1. The zero-order valence-electron chi connectivity index (χ0n) is 16.9. The second-order valence-electron chi connectivity index (χ2n) is 8.06. The number of benzene rings is 1. The number of amides is 2. The van der Waals surface area contributed by atoms with Gasteiger partial charge < -0.3 is 20.6 Å². The molecule has 0 spiro atoms. The van der Waals surface area contributed by atoms with Gasteiger partial charge in [0.25, 0.3) is 5.91 Å². The molecule has 1 aromatic carbocycles. The van der Waals surface area contributed by atoms with Crippen LogP contribution in [0.4, 0.5) is 0 Å². The Morgan fingerprint density at radius 1 is 1.07 bits per heavy atom. The second-order valence-corrected chi connectivity index (χ2v) is 8.06. The van der Waals surface area contributed by atoms with Crippen molar-refractivity contribution in [1.29, 1.82) is 5.41 Å². The van der Waals surface area contributed by atoms with E-state index in [-0.39, 0.29) is 17.6 Å². The normalized spacial score (nSPS) is 22.0. The van der Waals surface area contributed by atoms with Gasteiger partial charge in [0.15, 0.2) is 0 Å². The van der Waals surface area contributed by atoms with Crippen LogP contribution in [0, 0.1) is 11.3 Å². The molecule has 9 nitrogen and oxygen atoms in total. The number of carboxylic acid groups (broad SMARTS) is 1. The SMILES string of the molecule is C[C@@]1(C(=O)N2CCC(C(=O)C(=O)O)CC2)CCCN1C(=O)c1ccc(C(=N)N)cc1. The van der Waals surface area contributed by atoms with E-state index in [2.05, 4.69) is 0 Å². The Bertz CT molecular complexity index is 889. The van der Waals surface area contributed by atoms with Crippen molar-refractivity contribution < 1.29 is 24.3 Å². The van der Waals surface area contributed by atoms with Crippen molar-refractivity contribution in [2.45, 2.75) is 38.1 Å². The molecule has 0 unspecified atom stereocenters. The smallest absolute Gasteiger partial charge is 0.372 e. The molecule has 1 atom stereocenters. The Kier molecular flexibility index (Phi) is 5.91. The third-order valence-electron chi connectivity index (χ3n) is 6.15. The molecule has 2 aliphatic rings. The Morgan fingerprint density at radius 2 is 1.63 bits per heavy atom. The van der Waals surface area contributed by atoms with E-state index < -0.39 is 23.2 Å². The highest BCUT2D eigenvalue weighted by Crippen LogP contribution is 2.34. The summed E-state index contributed by atoms with van der Waals surface area (Å²) in [5.74, 6) is -3.32. The van der Waals surface area contributed by atoms with Gasteiger partial charge in [-0.05, 0) is 44.7 Å². The largest absolute Gasteiger partial charge is 0.475 e. The number of piperidine rings is 1. The van der Waals surface area contributed by atoms with Gasteiger partial charge in [0.1, 0.15) is 11.4 Å². The van der Waals surface area contributed by atoms with Gasteiger partial charge in [-0.15, -0.1) is 0 Å². The number of aliphatic carboxylic acids is 1. The quantitative estimate of drug-likeness (QED) is 0.370. The summed E-state index contributed by atoms with van der Waals surface area (Å²) in [6, 6.07) is 6.42. The van der Waals surface area contributed by atoms with E-state index in [1.54, 1.807) is 41.0 Å². The molecular formula is C21H26N4O5. The predicted octanol–water partition coefficient (Wildman–Crippen LogP) is 0.858. The minimum Gasteiger partial charge on any atom is -0.475 e. The number of amidine groups is 1. The first-order valence-corrected chi connectivity index (χ1v) is 9.98. The summed E-state index contributed by atoms with van der Waals surface area (Å²) in [6.45, 7) is 2.82. The maximum absolute atomic E-state index is 13.3. The van der Waals surface area contributed by atoms with Gasteiger partial charge in [-0.25, -0.2) is 4.79 Å². The van der Waals surface area contributed by atoms with Crippen molar-refractivity contribution in [2.24, 2.45) is 11.7 Å². The predicted molar refractivity (Wildman–Crippen MR) is 108 cm³/mol. The van der Waals surface area contributed by atoms with Gasteiger partial charge in [0.05, 0.1) is 0 Å². The van der Waals surface area contributed by atoms with Gasteiger partial charge in [-0.1, -0.05) is 12.1 Å². The maximum Gasteiger partial charge on any atom is 0.372 e. The van der Waals surface area contributed by atoms with Crippen LogP contribution in [0.2, 0.25) is 0 Å². The molecule has 160 valence electrons. The van der Waals surface area contributed by atoms with Gasteiger partial charge in [0.2, 0.25) is 11.7 Å². The number of hydrogen-bond donors (Lipinski definition) is 3. The number of likely N-dealkylation sites (tertiary alicyclic amines) is 2. The van der Waals surface area contributed by atoms with Crippen LogP contribution in [0.25, 0.3) is 0 Å². The fraction of sp³-hybridized carbons (Fsp3) is 0.476. The molecule has 2 amide bonds. The summed E-state index contributed by atoms with van der Waals surface area (Å²) in [5, 5.41) is 16.3. The lowest BCUT2D eigenvalue weighted by Gasteiger charge is -2.40. The number of ketones is 1. The number of carboxylic acids is 1. The van der Waals surface area contributed by atoms with E-state index >= 15 is 0 Å². The first-order chi connectivity index (χ1) is 14.1. The van der Waals surface area contributed by atoms with Crippen molar-refractivity contribution in [2.75, 3.05) is 19.6 Å². The van der Waals surface area contributed by atoms with E-state index in [1.165, 1.54) is 0 Å². The number of carbonyl (C=O) groups excluding carboxylic acids is 3. The lowest BCUT2D eigenvalue weighted by molar-refractivity contribution is -0.152. The topological polar surface area (TPSA) is 145 Å². The molecule has 0 saturated carbocycles. The molecule has 0 aliphatic carbocycles. The molecule has 2 fully saturated rings. The Balaban J connectivity index is 1.72. The van der Waals surface area contributed by atoms with Crippen LogP contribution in [0.5, 0.6) is 0 Å². The Hall–Kier alpha value is -3.23. The Labute approximate surface area is 174 Å². The van der Waals surface area contributed by atoms with Gasteiger partial charge >= 0.3 is 5.97 Å². The van der Waals surface area contributed by atoms with Crippen LogP contribution in [0.15, 0.2) is 24.3 Å². The van der Waals surface area contributed by atoms with E-state index in [1.807, 2.05) is 0 Å². The molecule has 9 heteroatoms. The second kappa shape index (κ2) is 8.25. The minimum atomic E-state index is -1.44. The van der Waals surface area contributed by atoms with Crippen molar-refractivity contribution in [1.82, 2.24) is 9.80 Å². The average Bonchev–Trinajstić information content (AvgIpc) is 3.14. The van der Waals surface area contributed by atoms with E-state index in [4.69, 9.17) is 16.2 Å². The summed E-state index contributed by atoms with van der Waals surface area (Å²) in [6.07, 6.45) is 1.87. The fourth-order valence-corrected chi connectivity index (χ4v) is 4.32. The number of nitrogens with two attached hydrogens (primary N) is 1. The van der Waals surface area contributed by atoms with E-state index in [0.717, 1.165) is 0 Å². The van der Waals surface area contributed by atoms with Crippen LogP contribution in [0.3, 0.4) is 0 Å². The van der Waals surface area contributed by atoms with E-state index in [0.29, 0.717) is 56.4 Å². The lowest BCUT2D eigenvalue weighted by atomic mass is 9.90. The Morgan fingerprint density at radius 3 is 2.17 bits per heavy atom. The first kappa shape index (κ1) is 21.5. The number of nitrogens with zero attached hydrogens (tertiary/aromatic N) is 2. The summed E-state index contributed by atoms with van der Waals surface area (Å²) in [5.41, 5.74) is 5.41. The number of nitrogens with one attached hydrogen (secondary N) is 1. The summed E-state index contributed by atoms with van der Waals surface area (Å²) >= 11 is 0. The number of Topliss-reactive ketones (excluding diaryl/α,β-unsaturated/α-hetero) is 1. The standard InChI is InChI=1S/C21H26N4O5/c1-21(20(30)24-11-7-13(8-12-24)16(26)19(28)29)9-2-10-25(21)18(27)15-5-3-14(4-6-15)17(22)23/h3-6,13H,2,7-12H2,1H3,(H3,22,23)(H,28,29)/t21-/m0/s1. The zero-order chi connectivity index (χ0) is 22.1. The highest BCUT2D eigenvalue weighted by Gasteiger charge is 2.48. The summed E-state index contributed by atoms with van der Waals surface area (Å²) < 4.78 is 0. The third-order valence-corrected chi connectivity index (χ3v) is 6.15. The zero-order valence-corrected chi connectivity index (χ0v) is 16.9. The lowest BCUT2D eigenvalue weighted by Crippen LogP contribution is -2.58. The van der Waals surface area contributed by atoms with Crippen LogP contribution in [-0.2, 0) is 14.4 Å². The molecule has 4 N–H and O–H groups in total. The van der Waals surface area contributed by atoms with Crippen molar-refractivity contribution in [3.63, 3.8) is 0 Å². The van der Waals surface area contributed by atoms with Crippen LogP contribution in [-0.4, -0.2) is 69.5 Å². The molecule has 2 aliphatic heterocycles. The average molecular weight is 414 g/mol. The summed E-state index contributed by atoms with van der Waals surface area (Å²) in [7, 11) is 0. The molecule has 2 saturated heterocycles. The molecule has 2 heterocycles. The van der Waals surface area contributed by atoms with Crippen molar-refractivity contribution >= 4 is 29.4 Å². The number of carbonyl (C=O) groups is 4. The molecule has 1 aromatic rings. The van der Waals surface area contributed by atoms with E-state index in [9.17, 15) is 19.2 Å². The first-order valence-electron chi connectivity index (χ1n) is 9.98. The third kappa shape index (κ3) is 3.92. The molecular weight excluding hydrogens is 388 g/mol. The van der Waals surface area contributed by atoms with Crippen LogP contribution >= 0.6 is 0 Å². The molecule has 0 radical (unpaired) electrons. The highest BCUT2D eigenvalue weighted by molar-refractivity contribution is 6.33. The fourth-order valence-electron chi connectivity index (χ4n) is 4.32.